The topological polar surface area (TPSA) is 71.2 Å². The van der Waals surface area contributed by atoms with Gasteiger partial charge in [-0.2, -0.15) is 0 Å². The van der Waals surface area contributed by atoms with E-state index in [-0.39, 0.29) is 6.54 Å². The number of hydrogen-bond donors (Lipinski definition) is 1. The number of fused-ring (bicyclic) bond motifs is 1. The van der Waals surface area contributed by atoms with Crippen LogP contribution in [-0.2, 0) is 24.3 Å². The van der Waals surface area contributed by atoms with Gasteiger partial charge in [-0.15, -0.1) is 5.10 Å². The summed E-state index contributed by atoms with van der Waals surface area (Å²) in [6.45, 7) is 1.60. The Labute approximate surface area is 81.1 Å². The van der Waals surface area contributed by atoms with E-state index in [1.54, 1.807) is 0 Å². The molecule has 1 aliphatic heterocycles. The number of rotatable bonds is 2. The lowest BCUT2D eigenvalue weighted by Crippen LogP contribution is -2.28. The van der Waals surface area contributed by atoms with Gasteiger partial charge in [-0.1, -0.05) is 5.21 Å². The minimum absolute atomic E-state index is 0.0912. The molecule has 6 heteroatoms. The third-order valence-corrected chi connectivity index (χ3v) is 2.35. The summed E-state index contributed by atoms with van der Waals surface area (Å²) in [5.74, 6) is -0.878. The molecule has 0 aliphatic carbocycles. The highest BCUT2D eigenvalue weighted by Crippen LogP contribution is 2.14. The van der Waals surface area contributed by atoms with E-state index in [4.69, 9.17) is 5.11 Å². The lowest BCUT2D eigenvalue weighted by molar-refractivity contribution is -0.138. The van der Waals surface area contributed by atoms with Crippen LogP contribution in [0.1, 0.15) is 11.4 Å². The molecule has 0 bridgehead atoms. The Morgan fingerprint density at radius 1 is 1.64 bits per heavy atom. The van der Waals surface area contributed by atoms with Crippen LogP contribution in [0.15, 0.2) is 0 Å². The normalized spacial score (nSPS) is 16.6. The monoisotopic (exact) mass is 196 g/mol. The molecule has 0 fully saturated rings. The standard InChI is InChI=1S/C8H12N4O2/c1-11-3-2-7-6(4-11)9-10-12(7)5-8(13)14/h2-5H2,1H3,(H,13,14). The van der Waals surface area contributed by atoms with Gasteiger partial charge in [0.1, 0.15) is 6.54 Å². The molecule has 0 spiro atoms. The lowest BCUT2D eigenvalue weighted by Gasteiger charge is -2.21. The van der Waals surface area contributed by atoms with Crippen molar-refractivity contribution in [2.75, 3.05) is 13.6 Å². The molecule has 2 rings (SSSR count). The first kappa shape index (κ1) is 9.14. The summed E-state index contributed by atoms with van der Waals surface area (Å²) >= 11 is 0. The highest BCUT2D eigenvalue weighted by molar-refractivity contribution is 5.66. The predicted octanol–water partition coefficient (Wildman–Crippen LogP) is -0.649. The maximum atomic E-state index is 10.5. The van der Waals surface area contributed by atoms with E-state index in [1.165, 1.54) is 4.68 Å². The van der Waals surface area contributed by atoms with Crippen molar-refractivity contribution in [3.63, 3.8) is 0 Å². The fourth-order valence-electron chi connectivity index (χ4n) is 1.65. The van der Waals surface area contributed by atoms with E-state index in [1.807, 2.05) is 7.05 Å². The summed E-state index contributed by atoms with van der Waals surface area (Å²) in [5, 5.41) is 16.4. The molecule has 1 aromatic heterocycles. The third kappa shape index (κ3) is 1.60. The molecule has 1 aliphatic rings. The van der Waals surface area contributed by atoms with Crippen LogP contribution >= 0.6 is 0 Å². The quantitative estimate of drug-likeness (QED) is 0.680. The molecular weight excluding hydrogens is 184 g/mol. The van der Waals surface area contributed by atoms with E-state index < -0.39 is 5.97 Å². The average molecular weight is 196 g/mol. The summed E-state index contributed by atoms with van der Waals surface area (Å²) in [4.78, 5) is 12.7. The predicted molar refractivity (Wildman–Crippen MR) is 47.7 cm³/mol. The number of aromatic nitrogens is 3. The van der Waals surface area contributed by atoms with E-state index in [9.17, 15) is 4.79 Å². The van der Waals surface area contributed by atoms with E-state index in [0.29, 0.717) is 0 Å². The zero-order valence-corrected chi connectivity index (χ0v) is 7.97. The fourth-order valence-corrected chi connectivity index (χ4v) is 1.65. The number of likely N-dealkylation sites (N-methyl/N-ethyl adjacent to an activating group) is 1. The second-order valence-corrected chi connectivity index (χ2v) is 3.52. The highest BCUT2D eigenvalue weighted by atomic mass is 16.4. The van der Waals surface area contributed by atoms with Crippen molar-refractivity contribution in [2.24, 2.45) is 0 Å². The van der Waals surface area contributed by atoms with Crippen molar-refractivity contribution in [2.45, 2.75) is 19.5 Å². The Morgan fingerprint density at radius 2 is 2.43 bits per heavy atom. The van der Waals surface area contributed by atoms with Gasteiger partial charge in [0.05, 0.1) is 11.4 Å². The van der Waals surface area contributed by atoms with Crippen LogP contribution in [0.4, 0.5) is 0 Å². The molecule has 0 unspecified atom stereocenters. The minimum Gasteiger partial charge on any atom is -0.480 e. The Morgan fingerprint density at radius 3 is 3.14 bits per heavy atom. The average Bonchev–Trinajstić information content (AvgIpc) is 2.47. The van der Waals surface area contributed by atoms with Crippen LogP contribution in [0.3, 0.4) is 0 Å². The van der Waals surface area contributed by atoms with Gasteiger partial charge in [-0.05, 0) is 7.05 Å². The maximum Gasteiger partial charge on any atom is 0.325 e. The molecule has 1 N–H and O–H groups in total. The summed E-state index contributed by atoms with van der Waals surface area (Å²) in [5.41, 5.74) is 1.87. The zero-order chi connectivity index (χ0) is 10.1. The van der Waals surface area contributed by atoms with Gasteiger partial charge in [0.25, 0.3) is 0 Å². The molecule has 76 valence electrons. The molecule has 0 saturated carbocycles. The molecule has 0 aromatic carbocycles. The van der Waals surface area contributed by atoms with Gasteiger partial charge in [-0.25, -0.2) is 4.68 Å². The highest BCUT2D eigenvalue weighted by Gasteiger charge is 2.20. The SMILES string of the molecule is CN1CCc2c(nnn2CC(=O)O)C1. The molecule has 2 heterocycles. The zero-order valence-electron chi connectivity index (χ0n) is 7.97. The second-order valence-electron chi connectivity index (χ2n) is 3.52. The summed E-state index contributed by atoms with van der Waals surface area (Å²) in [6.07, 6.45) is 0.826. The van der Waals surface area contributed by atoms with Crippen molar-refractivity contribution >= 4 is 5.97 Å². The first-order chi connectivity index (χ1) is 6.66. The molecule has 6 nitrogen and oxygen atoms in total. The lowest BCUT2D eigenvalue weighted by atomic mass is 10.1. The second kappa shape index (κ2) is 3.38. The number of carboxylic acids is 1. The number of nitrogens with zero attached hydrogens (tertiary/aromatic N) is 4. The van der Waals surface area contributed by atoms with Gasteiger partial charge in [-0.3, -0.25) is 4.79 Å². The Hall–Kier alpha value is -1.43. The fraction of sp³-hybridized carbons (Fsp3) is 0.625. The molecule has 0 amide bonds. The first-order valence-electron chi connectivity index (χ1n) is 4.48. The minimum atomic E-state index is -0.878. The number of carbonyl (C=O) groups is 1. The van der Waals surface area contributed by atoms with Crippen molar-refractivity contribution in [3.05, 3.63) is 11.4 Å². The van der Waals surface area contributed by atoms with Crippen LogP contribution in [0.25, 0.3) is 0 Å². The number of aliphatic carboxylic acids is 1. The van der Waals surface area contributed by atoms with Crippen LogP contribution < -0.4 is 0 Å². The van der Waals surface area contributed by atoms with Gasteiger partial charge < -0.3 is 10.0 Å². The van der Waals surface area contributed by atoms with Crippen molar-refractivity contribution in [3.8, 4) is 0 Å². The number of carboxylic acid groups (broad SMARTS) is 1. The molecule has 0 atom stereocenters. The maximum absolute atomic E-state index is 10.5. The Bertz CT molecular complexity index is 360. The molecule has 0 radical (unpaired) electrons. The summed E-state index contributed by atoms with van der Waals surface area (Å²) in [7, 11) is 2.01. The largest absolute Gasteiger partial charge is 0.480 e. The summed E-state index contributed by atoms with van der Waals surface area (Å²) in [6, 6.07) is 0. The summed E-state index contributed by atoms with van der Waals surface area (Å²) < 4.78 is 1.48. The molecular formula is C8H12N4O2. The van der Waals surface area contributed by atoms with Gasteiger partial charge in [0, 0.05) is 19.5 Å². The van der Waals surface area contributed by atoms with E-state index >= 15 is 0 Å². The van der Waals surface area contributed by atoms with Crippen molar-refractivity contribution in [1.29, 1.82) is 0 Å². The first-order valence-corrected chi connectivity index (χ1v) is 4.48. The van der Waals surface area contributed by atoms with Crippen LogP contribution in [0.2, 0.25) is 0 Å². The Balaban J connectivity index is 2.24. The smallest absolute Gasteiger partial charge is 0.325 e. The van der Waals surface area contributed by atoms with Crippen molar-refractivity contribution < 1.29 is 9.90 Å². The molecule has 1 aromatic rings. The van der Waals surface area contributed by atoms with Gasteiger partial charge in [0.2, 0.25) is 0 Å². The van der Waals surface area contributed by atoms with Gasteiger partial charge >= 0.3 is 5.97 Å². The van der Waals surface area contributed by atoms with Crippen LogP contribution in [0.5, 0.6) is 0 Å². The third-order valence-electron chi connectivity index (χ3n) is 2.35. The van der Waals surface area contributed by atoms with Crippen molar-refractivity contribution in [1.82, 2.24) is 19.9 Å². The number of hydrogen-bond acceptors (Lipinski definition) is 4. The van der Waals surface area contributed by atoms with Crippen LogP contribution in [-0.4, -0.2) is 44.6 Å². The van der Waals surface area contributed by atoms with Gasteiger partial charge in [0.15, 0.2) is 0 Å². The van der Waals surface area contributed by atoms with E-state index in [0.717, 1.165) is 30.9 Å². The van der Waals surface area contributed by atoms with E-state index in [2.05, 4.69) is 15.2 Å². The van der Waals surface area contributed by atoms with Crippen LogP contribution in [0, 0.1) is 0 Å². The molecule has 0 saturated heterocycles. The Kier molecular flexibility index (Phi) is 2.20. The molecule has 14 heavy (non-hydrogen) atoms.